The minimum absolute atomic E-state index is 0.677. The normalized spacial score (nSPS) is 11.0. The van der Waals surface area contributed by atoms with E-state index in [2.05, 4.69) is 28.4 Å². The third-order valence-electron chi connectivity index (χ3n) is 2.79. The first kappa shape index (κ1) is 11.6. The SMILES string of the molecule is CC(C)CCn1cncc1-c1cnccc1N. The number of hydrogen-bond acceptors (Lipinski definition) is 3. The van der Waals surface area contributed by atoms with Gasteiger partial charge < -0.3 is 10.3 Å². The fraction of sp³-hybridized carbons (Fsp3) is 0.385. The predicted molar refractivity (Wildman–Crippen MR) is 69.3 cm³/mol. The van der Waals surface area contributed by atoms with Crippen LogP contribution in [0.2, 0.25) is 0 Å². The van der Waals surface area contributed by atoms with Crippen LogP contribution >= 0.6 is 0 Å². The van der Waals surface area contributed by atoms with Gasteiger partial charge in [0, 0.05) is 30.2 Å². The summed E-state index contributed by atoms with van der Waals surface area (Å²) in [7, 11) is 0. The van der Waals surface area contributed by atoms with E-state index in [4.69, 9.17) is 5.73 Å². The monoisotopic (exact) mass is 230 g/mol. The summed E-state index contributed by atoms with van der Waals surface area (Å²) >= 11 is 0. The number of aryl methyl sites for hydroxylation is 1. The van der Waals surface area contributed by atoms with E-state index in [1.807, 2.05) is 18.6 Å². The molecule has 2 rings (SSSR count). The Balaban J connectivity index is 2.28. The fourth-order valence-corrected chi connectivity index (χ4v) is 1.74. The van der Waals surface area contributed by atoms with Gasteiger partial charge in [0.25, 0.3) is 0 Å². The zero-order chi connectivity index (χ0) is 12.3. The Kier molecular flexibility index (Phi) is 3.42. The van der Waals surface area contributed by atoms with Gasteiger partial charge in [-0.15, -0.1) is 0 Å². The van der Waals surface area contributed by atoms with Crippen LogP contribution in [0.4, 0.5) is 5.69 Å². The van der Waals surface area contributed by atoms with E-state index < -0.39 is 0 Å². The number of imidazole rings is 1. The van der Waals surface area contributed by atoms with E-state index in [1.54, 1.807) is 12.4 Å². The molecule has 0 aliphatic heterocycles. The standard InChI is InChI=1S/C13H18N4/c1-10(2)4-6-17-9-16-8-13(17)11-7-15-5-3-12(11)14/h3,5,7-10H,4,6H2,1-2H3,(H2,14,15). The van der Waals surface area contributed by atoms with Crippen molar-refractivity contribution in [1.82, 2.24) is 14.5 Å². The number of nitrogens with two attached hydrogens (primary N) is 1. The molecular formula is C13H18N4. The summed E-state index contributed by atoms with van der Waals surface area (Å²) in [4.78, 5) is 8.31. The van der Waals surface area contributed by atoms with Gasteiger partial charge in [0.2, 0.25) is 0 Å². The number of nitrogen functional groups attached to an aromatic ring is 1. The molecule has 0 amide bonds. The minimum atomic E-state index is 0.677. The van der Waals surface area contributed by atoms with Gasteiger partial charge in [-0.05, 0) is 18.4 Å². The quantitative estimate of drug-likeness (QED) is 0.878. The van der Waals surface area contributed by atoms with Crippen LogP contribution in [0.1, 0.15) is 20.3 Å². The summed E-state index contributed by atoms with van der Waals surface area (Å²) in [5, 5.41) is 0. The summed E-state index contributed by atoms with van der Waals surface area (Å²) in [6.45, 7) is 5.39. The number of nitrogens with zero attached hydrogens (tertiary/aromatic N) is 3. The van der Waals surface area contributed by atoms with Crippen molar-refractivity contribution in [2.45, 2.75) is 26.8 Å². The van der Waals surface area contributed by atoms with E-state index in [9.17, 15) is 0 Å². The van der Waals surface area contributed by atoms with Gasteiger partial charge in [-0.1, -0.05) is 13.8 Å². The lowest BCUT2D eigenvalue weighted by atomic mass is 10.1. The topological polar surface area (TPSA) is 56.7 Å². The second-order valence-corrected chi connectivity index (χ2v) is 4.62. The second-order valence-electron chi connectivity index (χ2n) is 4.62. The number of rotatable bonds is 4. The molecule has 0 saturated carbocycles. The largest absolute Gasteiger partial charge is 0.398 e. The molecule has 4 heteroatoms. The van der Waals surface area contributed by atoms with Crippen LogP contribution in [-0.4, -0.2) is 14.5 Å². The summed E-state index contributed by atoms with van der Waals surface area (Å²) in [6, 6.07) is 1.81. The first-order valence-corrected chi connectivity index (χ1v) is 5.88. The van der Waals surface area contributed by atoms with Crippen molar-refractivity contribution in [1.29, 1.82) is 0 Å². The van der Waals surface area contributed by atoms with Crippen LogP contribution in [0, 0.1) is 5.92 Å². The van der Waals surface area contributed by atoms with Gasteiger partial charge >= 0.3 is 0 Å². The maximum atomic E-state index is 5.96. The number of hydrogen-bond donors (Lipinski definition) is 1. The Morgan fingerprint density at radius 1 is 1.29 bits per heavy atom. The Bertz CT molecular complexity index is 488. The highest BCUT2D eigenvalue weighted by Crippen LogP contribution is 2.24. The Morgan fingerprint density at radius 2 is 2.12 bits per heavy atom. The molecule has 2 aromatic heterocycles. The van der Waals surface area contributed by atoms with E-state index in [0.29, 0.717) is 5.92 Å². The lowest BCUT2D eigenvalue weighted by molar-refractivity contribution is 0.518. The highest BCUT2D eigenvalue weighted by Gasteiger charge is 2.08. The molecule has 0 spiro atoms. The zero-order valence-corrected chi connectivity index (χ0v) is 10.3. The van der Waals surface area contributed by atoms with Gasteiger partial charge in [-0.3, -0.25) is 4.98 Å². The van der Waals surface area contributed by atoms with Crippen molar-refractivity contribution >= 4 is 5.69 Å². The molecule has 2 N–H and O–H groups in total. The number of aromatic nitrogens is 3. The van der Waals surface area contributed by atoms with Crippen LogP contribution in [0.3, 0.4) is 0 Å². The Hall–Kier alpha value is -1.84. The van der Waals surface area contributed by atoms with Crippen molar-refractivity contribution in [3.63, 3.8) is 0 Å². The first-order valence-electron chi connectivity index (χ1n) is 5.88. The molecule has 17 heavy (non-hydrogen) atoms. The van der Waals surface area contributed by atoms with Crippen molar-refractivity contribution in [3.05, 3.63) is 31.0 Å². The summed E-state index contributed by atoms with van der Waals surface area (Å²) in [5.74, 6) is 0.677. The van der Waals surface area contributed by atoms with Crippen molar-refractivity contribution < 1.29 is 0 Å². The smallest absolute Gasteiger partial charge is 0.0950 e. The number of pyridine rings is 1. The van der Waals surface area contributed by atoms with Gasteiger partial charge in [-0.2, -0.15) is 0 Å². The zero-order valence-electron chi connectivity index (χ0n) is 10.3. The van der Waals surface area contributed by atoms with Crippen molar-refractivity contribution in [3.8, 4) is 11.3 Å². The van der Waals surface area contributed by atoms with Crippen LogP contribution < -0.4 is 5.73 Å². The third-order valence-corrected chi connectivity index (χ3v) is 2.79. The fourth-order valence-electron chi connectivity index (χ4n) is 1.74. The molecule has 0 fully saturated rings. The highest BCUT2D eigenvalue weighted by atomic mass is 15.0. The van der Waals surface area contributed by atoms with Crippen LogP contribution in [0.25, 0.3) is 11.3 Å². The number of anilines is 1. The minimum Gasteiger partial charge on any atom is -0.398 e. The Morgan fingerprint density at radius 3 is 2.82 bits per heavy atom. The van der Waals surface area contributed by atoms with E-state index in [1.165, 1.54) is 0 Å². The van der Waals surface area contributed by atoms with Crippen LogP contribution in [-0.2, 0) is 6.54 Å². The molecule has 90 valence electrons. The molecule has 0 unspecified atom stereocenters. The molecule has 0 aromatic carbocycles. The van der Waals surface area contributed by atoms with E-state index >= 15 is 0 Å². The second kappa shape index (κ2) is 4.99. The van der Waals surface area contributed by atoms with Gasteiger partial charge in [-0.25, -0.2) is 4.98 Å². The van der Waals surface area contributed by atoms with Crippen molar-refractivity contribution in [2.24, 2.45) is 5.92 Å². The van der Waals surface area contributed by atoms with Gasteiger partial charge in [0.15, 0.2) is 0 Å². The molecule has 4 nitrogen and oxygen atoms in total. The molecule has 0 saturated heterocycles. The predicted octanol–water partition coefficient (Wildman–Crippen LogP) is 2.57. The summed E-state index contributed by atoms with van der Waals surface area (Å²) in [5.41, 5.74) is 8.69. The van der Waals surface area contributed by atoms with Gasteiger partial charge in [0.1, 0.15) is 0 Å². The summed E-state index contributed by atoms with van der Waals surface area (Å²) in [6.07, 6.45) is 8.31. The van der Waals surface area contributed by atoms with Crippen LogP contribution in [0.15, 0.2) is 31.0 Å². The molecule has 0 aliphatic rings. The highest BCUT2D eigenvalue weighted by molar-refractivity contribution is 5.72. The average molecular weight is 230 g/mol. The molecule has 0 atom stereocenters. The maximum Gasteiger partial charge on any atom is 0.0950 e. The molecule has 2 heterocycles. The Labute approximate surface area is 102 Å². The molecule has 0 bridgehead atoms. The lowest BCUT2D eigenvalue weighted by Crippen LogP contribution is -2.03. The van der Waals surface area contributed by atoms with Crippen LogP contribution in [0.5, 0.6) is 0 Å². The average Bonchev–Trinajstić information content (AvgIpc) is 2.75. The molecule has 0 aliphatic carbocycles. The van der Waals surface area contributed by atoms with Crippen molar-refractivity contribution in [2.75, 3.05) is 5.73 Å². The first-order chi connectivity index (χ1) is 8.18. The van der Waals surface area contributed by atoms with E-state index in [0.717, 1.165) is 29.9 Å². The molecule has 0 radical (unpaired) electrons. The molecule has 2 aromatic rings. The van der Waals surface area contributed by atoms with E-state index in [-0.39, 0.29) is 0 Å². The van der Waals surface area contributed by atoms with Gasteiger partial charge in [0.05, 0.1) is 18.2 Å². The molecular weight excluding hydrogens is 212 g/mol. The maximum absolute atomic E-state index is 5.96. The third kappa shape index (κ3) is 2.64. The summed E-state index contributed by atoms with van der Waals surface area (Å²) < 4.78 is 2.13. The lowest BCUT2D eigenvalue weighted by Gasteiger charge is -2.11.